The molecule has 7 heteroatoms. The van der Waals surface area contributed by atoms with Crippen molar-refractivity contribution in [2.24, 2.45) is 0 Å². The van der Waals surface area contributed by atoms with Crippen molar-refractivity contribution < 1.29 is 4.39 Å². The maximum atomic E-state index is 13.6. The molecule has 0 spiro atoms. The van der Waals surface area contributed by atoms with Gasteiger partial charge in [0.25, 0.3) is 0 Å². The fourth-order valence-corrected chi connectivity index (χ4v) is 2.24. The van der Waals surface area contributed by atoms with Gasteiger partial charge in [-0.15, -0.1) is 0 Å². The van der Waals surface area contributed by atoms with Crippen LogP contribution < -0.4 is 5.32 Å². The number of halogens is 1. The summed E-state index contributed by atoms with van der Waals surface area (Å²) in [6, 6.07) is 0. The van der Waals surface area contributed by atoms with Gasteiger partial charge in [0.2, 0.25) is 5.95 Å². The molecule has 2 rings (SSSR count). The van der Waals surface area contributed by atoms with Crippen molar-refractivity contribution in [3.8, 4) is 0 Å². The van der Waals surface area contributed by atoms with E-state index in [0.717, 1.165) is 34.9 Å². The summed E-state index contributed by atoms with van der Waals surface area (Å²) in [5.41, 5.74) is 2.82. The summed E-state index contributed by atoms with van der Waals surface area (Å²) in [5, 5.41) is 3.47. The van der Waals surface area contributed by atoms with Crippen molar-refractivity contribution >= 4 is 17.7 Å². The highest BCUT2D eigenvalue weighted by molar-refractivity contribution is 7.99. The number of aryl methyl sites for hydroxylation is 2. The highest BCUT2D eigenvalue weighted by atomic mass is 32.2. The van der Waals surface area contributed by atoms with E-state index >= 15 is 0 Å². The van der Waals surface area contributed by atoms with Gasteiger partial charge in [0, 0.05) is 18.4 Å². The molecule has 5 nitrogen and oxygen atoms in total. The molecule has 2 aromatic rings. The molecule has 0 unspecified atom stereocenters. The summed E-state index contributed by atoms with van der Waals surface area (Å²) in [7, 11) is 1.68. The average molecular weight is 279 g/mol. The predicted octanol–water partition coefficient (Wildman–Crippen LogP) is 2.52. The number of anilines is 1. The summed E-state index contributed by atoms with van der Waals surface area (Å²) in [6.45, 7) is 5.77. The van der Waals surface area contributed by atoms with Crippen molar-refractivity contribution in [1.82, 2.24) is 19.9 Å². The zero-order chi connectivity index (χ0) is 14.0. The minimum absolute atomic E-state index is 0.210. The summed E-state index contributed by atoms with van der Waals surface area (Å²) in [4.78, 5) is 16.5. The molecule has 2 aromatic heterocycles. The normalized spacial score (nSPS) is 10.6. The molecule has 0 saturated heterocycles. The van der Waals surface area contributed by atoms with E-state index in [4.69, 9.17) is 0 Å². The quantitative estimate of drug-likeness (QED) is 0.688. The number of aromatic nitrogens is 4. The van der Waals surface area contributed by atoms with E-state index in [9.17, 15) is 4.39 Å². The van der Waals surface area contributed by atoms with Gasteiger partial charge in [0.1, 0.15) is 5.03 Å². The number of hydrogen-bond donors (Lipinski definition) is 1. The van der Waals surface area contributed by atoms with Gasteiger partial charge in [0.15, 0.2) is 11.0 Å². The highest BCUT2D eigenvalue weighted by Gasteiger charge is 2.12. The Kier molecular flexibility index (Phi) is 3.94. The lowest BCUT2D eigenvalue weighted by Crippen LogP contribution is -2.01. The summed E-state index contributed by atoms with van der Waals surface area (Å²) >= 11 is 1.09. The van der Waals surface area contributed by atoms with Crippen molar-refractivity contribution in [3.05, 3.63) is 29.0 Å². The molecule has 0 radical (unpaired) electrons. The largest absolute Gasteiger partial charge is 0.357 e. The third-order valence-electron chi connectivity index (χ3n) is 2.74. The Balaban J connectivity index is 2.36. The van der Waals surface area contributed by atoms with Gasteiger partial charge < -0.3 is 5.32 Å². The van der Waals surface area contributed by atoms with Gasteiger partial charge in [0.05, 0.1) is 6.20 Å². The molecule has 0 aliphatic carbocycles. The average Bonchev–Trinajstić information content (AvgIpc) is 2.38. The van der Waals surface area contributed by atoms with Crippen LogP contribution in [0.3, 0.4) is 0 Å². The van der Waals surface area contributed by atoms with Gasteiger partial charge in [-0.3, -0.25) is 0 Å². The van der Waals surface area contributed by atoms with Crippen LogP contribution in [0.15, 0.2) is 16.4 Å². The van der Waals surface area contributed by atoms with Crippen LogP contribution in [0.4, 0.5) is 10.3 Å². The minimum atomic E-state index is -0.483. The van der Waals surface area contributed by atoms with E-state index < -0.39 is 5.82 Å². The Hall–Kier alpha value is -1.76. The van der Waals surface area contributed by atoms with Crippen LogP contribution in [0.25, 0.3) is 0 Å². The minimum Gasteiger partial charge on any atom is -0.357 e. The first-order valence-corrected chi connectivity index (χ1v) is 6.53. The molecule has 0 fully saturated rings. The van der Waals surface area contributed by atoms with Crippen molar-refractivity contribution in [2.75, 3.05) is 12.4 Å². The van der Waals surface area contributed by atoms with E-state index in [1.54, 1.807) is 7.05 Å². The van der Waals surface area contributed by atoms with Crippen molar-refractivity contribution in [1.29, 1.82) is 0 Å². The molecule has 0 aromatic carbocycles. The Bertz CT molecular complexity index is 594. The first kappa shape index (κ1) is 13.7. The second-order valence-electron chi connectivity index (χ2n) is 4.00. The van der Waals surface area contributed by atoms with Crippen molar-refractivity contribution in [3.63, 3.8) is 0 Å². The van der Waals surface area contributed by atoms with Gasteiger partial charge >= 0.3 is 0 Å². The highest BCUT2D eigenvalue weighted by Crippen LogP contribution is 2.26. The van der Waals surface area contributed by atoms with Crippen LogP contribution in [0.2, 0.25) is 0 Å². The third-order valence-corrected chi connectivity index (χ3v) is 3.58. The zero-order valence-electron chi connectivity index (χ0n) is 11.2. The van der Waals surface area contributed by atoms with E-state index in [1.807, 2.05) is 20.8 Å². The van der Waals surface area contributed by atoms with Crippen LogP contribution in [0.5, 0.6) is 0 Å². The van der Waals surface area contributed by atoms with Gasteiger partial charge in [-0.1, -0.05) is 0 Å². The van der Waals surface area contributed by atoms with Crippen LogP contribution >= 0.6 is 11.8 Å². The predicted molar refractivity (Wildman–Crippen MR) is 71.9 cm³/mol. The number of rotatable bonds is 3. The van der Waals surface area contributed by atoms with Crippen LogP contribution in [0, 0.1) is 26.6 Å². The SMILES string of the molecule is CNc1ncc(F)c(Sc2nc(C)c(C)c(C)n2)n1. The second kappa shape index (κ2) is 5.48. The maximum absolute atomic E-state index is 13.6. The Morgan fingerprint density at radius 2 is 1.74 bits per heavy atom. The molecule has 100 valence electrons. The smallest absolute Gasteiger partial charge is 0.223 e. The Labute approximate surface area is 115 Å². The monoisotopic (exact) mass is 279 g/mol. The van der Waals surface area contributed by atoms with Crippen LogP contribution in [-0.2, 0) is 0 Å². The summed E-state index contributed by atoms with van der Waals surface area (Å²) in [5.74, 6) is -0.118. The van der Waals surface area contributed by atoms with Crippen LogP contribution in [-0.4, -0.2) is 27.0 Å². The maximum Gasteiger partial charge on any atom is 0.223 e. The van der Waals surface area contributed by atoms with Crippen LogP contribution in [0.1, 0.15) is 17.0 Å². The fraction of sp³-hybridized carbons (Fsp3) is 0.333. The molecule has 0 aliphatic heterocycles. The number of nitrogens with zero attached hydrogens (tertiary/aromatic N) is 4. The molecule has 0 bridgehead atoms. The lowest BCUT2D eigenvalue weighted by molar-refractivity contribution is 0.579. The lowest BCUT2D eigenvalue weighted by atomic mass is 10.2. The standard InChI is InChI=1S/C12H14FN5S/c1-6-7(2)16-12(17-8(6)3)19-10-9(13)5-15-11(14-4)18-10/h5H,1-4H3,(H,14,15,18). The van der Waals surface area contributed by atoms with E-state index in [-0.39, 0.29) is 5.03 Å². The zero-order valence-corrected chi connectivity index (χ0v) is 12.0. The fourth-order valence-electron chi connectivity index (χ4n) is 1.42. The first-order chi connectivity index (χ1) is 9.01. The molecule has 0 saturated carbocycles. The first-order valence-electron chi connectivity index (χ1n) is 5.71. The van der Waals surface area contributed by atoms with Gasteiger partial charge in [-0.25, -0.2) is 24.3 Å². The Morgan fingerprint density at radius 1 is 1.11 bits per heavy atom. The van der Waals surface area contributed by atoms with Gasteiger partial charge in [-0.05, 0) is 38.1 Å². The lowest BCUT2D eigenvalue weighted by Gasteiger charge is -2.07. The Morgan fingerprint density at radius 3 is 2.32 bits per heavy atom. The van der Waals surface area contributed by atoms with Crippen molar-refractivity contribution in [2.45, 2.75) is 31.0 Å². The van der Waals surface area contributed by atoms with E-state index in [1.165, 1.54) is 0 Å². The van der Waals surface area contributed by atoms with Gasteiger partial charge in [-0.2, -0.15) is 0 Å². The third kappa shape index (κ3) is 2.98. The molecule has 2 heterocycles. The second-order valence-corrected chi connectivity index (χ2v) is 4.96. The molecule has 0 amide bonds. The number of nitrogens with one attached hydrogen (secondary N) is 1. The molecule has 1 N–H and O–H groups in total. The molecule has 19 heavy (non-hydrogen) atoms. The summed E-state index contributed by atoms with van der Waals surface area (Å²) in [6.07, 6.45) is 1.13. The van der Waals surface area contributed by atoms with E-state index in [2.05, 4.69) is 25.3 Å². The van der Waals surface area contributed by atoms with E-state index in [0.29, 0.717) is 11.1 Å². The molecule has 0 atom stereocenters. The molecular weight excluding hydrogens is 265 g/mol. The topological polar surface area (TPSA) is 63.6 Å². The number of hydrogen-bond acceptors (Lipinski definition) is 6. The molecular formula is C12H14FN5S. The summed E-state index contributed by atoms with van der Waals surface area (Å²) < 4.78 is 13.6. The molecule has 0 aliphatic rings.